The van der Waals surface area contributed by atoms with Crippen LogP contribution in [0, 0.1) is 0 Å². The molecule has 19 heavy (non-hydrogen) atoms. The Morgan fingerprint density at radius 1 is 1.37 bits per heavy atom. The lowest BCUT2D eigenvalue weighted by atomic mass is 10.3. The second kappa shape index (κ2) is 6.16. The molecule has 0 aliphatic carbocycles. The SMILES string of the molecule is CC(=O)N1CCCN(c2ncnc(NN)c2Br)CC1. The molecule has 2 heterocycles. The van der Waals surface area contributed by atoms with Crippen LogP contribution in [0.1, 0.15) is 13.3 Å². The third-order valence-electron chi connectivity index (χ3n) is 3.15. The van der Waals surface area contributed by atoms with Gasteiger partial charge in [0.05, 0.1) is 0 Å². The van der Waals surface area contributed by atoms with E-state index in [0.717, 1.165) is 36.3 Å². The minimum absolute atomic E-state index is 0.118. The van der Waals surface area contributed by atoms with Crippen molar-refractivity contribution < 1.29 is 4.79 Å². The molecule has 1 aliphatic heterocycles. The van der Waals surface area contributed by atoms with Crippen LogP contribution in [0.2, 0.25) is 0 Å². The summed E-state index contributed by atoms with van der Waals surface area (Å²) in [6.07, 6.45) is 2.39. The smallest absolute Gasteiger partial charge is 0.219 e. The van der Waals surface area contributed by atoms with Crippen LogP contribution in [-0.4, -0.2) is 47.0 Å². The lowest BCUT2D eigenvalue weighted by Crippen LogP contribution is -2.34. The number of hydrazine groups is 1. The number of amides is 1. The Morgan fingerprint density at radius 3 is 2.84 bits per heavy atom. The molecule has 1 amide bonds. The summed E-state index contributed by atoms with van der Waals surface area (Å²) in [6, 6.07) is 0. The first-order valence-electron chi connectivity index (χ1n) is 6.11. The van der Waals surface area contributed by atoms with Crippen LogP contribution in [0.4, 0.5) is 11.6 Å². The Morgan fingerprint density at radius 2 is 2.16 bits per heavy atom. The number of nitrogens with one attached hydrogen (secondary N) is 1. The first-order valence-corrected chi connectivity index (χ1v) is 6.90. The van der Waals surface area contributed by atoms with Crippen molar-refractivity contribution in [3.63, 3.8) is 0 Å². The average Bonchev–Trinajstić information content (AvgIpc) is 2.65. The fraction of sp³-hybridized carbons (Fsp3) is 0.545. The molecule has 0 atom stereocenters. The molecule has 0 spiro atoms. The van der Waals surface area contributed by atoms with Crippen LogP contribution in [0.3, 0.4) is 0 Å². The number of nitrogens with two attached hydrogens (primary N) is 1. The number of nitrogen functional groups attached to an aromatic ring is 1. The summed E-state index contributed by atoms with van der Waals surface area (Å²) in [4.78, 5) is 23.7. The largest absolute Gasteiger partial charge is 0.354 e. The Hall–Kier alpha value is -1.41. The van der Waals surface area contributed by atoms with Crippen molar-refractivity contribution in [1.82, 2.24) is 14.9 Å². The van der Waals surface area contributed by atoms with Gasteiger partial charge in [-0.1, -0.05) is 0 Å². The molecule has 1 aliphatic rings. The van der Waals surface area contributed by atoms with Crippen molar-refractivity contribution in [3.8, 4) is 0 Å². The van der Waals surface area contributed by atoms with E-state index in [1.54, 1.807) is 6.92 Å². The van der Waals surface area contributed by atoms with Crippen molar-refractivity contribution in [1.29, 1.82) is 0 Å². The predicted octanol–water partition coefficient (Wildman–Crippen LogP) is 0.583. The molecular formula is C11H17BrN6O. The molecule has 1 fully saturated rings. The van der Waals surface area contributed by atoms with Gasteiger partial charge < -0.3 is 15.2 Å². The molecular weight excluding hydrogens is 312 g/mol. The van der Waals surface area contributed by atoms with Crippen molar-refractivity contribution in [2.75, 3.05) is 36.5 Å². The van der Waals surface area contributed by atoms with Gasteiger partial charge in [-0.05, 0) is 22.4 Å². The number of carbonyl (C=O) groups excluding carboxylic acids is 1. The summed E-state index contributed by atoms with van der Waals surface area (Å²) in [5.41, 5.74) is 2.53. The van der Waals surface area contributed by atoms with E-state index >= 15 is 0 Å². The van der Waals surface area contributed by atoms with Gasteiger partial charge in [-0.25, -0.2) is 15.8 Å². The number of hydrogen-bond donors (Lipinski definition) is 2. The summed E-state index contributed by atoms with van der Waals surface area (Å²) >= 11 is 3.46. The van der Waals surface area contributed by atoms with Gasteiger partial charge in [0.2, 0.25) is 5.91 Å². The Balaban J connectivity index is 2.16. The first kappa shape index (κ1) is 14.0. The van der Waals surface area contributed by atoms with Crippen LogP contribution in [0.15, 0.2) is 10.8 Å². The van der Waals surface area contributed by atoms with Gasteiger partial charge in [0.25, 0.3) is 0 Å². The quantitative estimate of drug-likeness (QED) is 0.610. The van der Waals surface area contributed by atoms with E-state index in [-0.39, 0.29) is 5.91 Å². The number of rotatable bonds is 2. The number of anilines is 2. The highest BCUT2D eigenvalue weighted by Gasteiger charge is 2.20. The van der Waals surface area contributed by atoms with Gasteiger partial charge in [0.1, 0.15) is 16.6 Å². The van der Waals surface area contributed by atoms with E-state index in [2.05, 4.69) is 36.2 Å². The fourth-order valence-corrected chi connectivity index (χ4v) is 2.70. The molecule has 0 radical (unpaired) electrons. The maximum atomic E-state index is 11.4. The van der Waals surface area contributed by atoms with Crippen molar-refractivity contribution in [3.05, 3.63) is 10.8 Å². The molecule has 1 aromatic rings. The van der Waals surface area contributed by atoms with E-state index in [1.807, 2.05) is 4.90 Å². The summed E-state index contributed by atoms with van der Waals surface area (Å²) in [5, 5.41) is 0. The van der Waals surface area contributed by atoms with Crippen molar-refractivity contribution in [2.45, 2.75) is 13.3 Å². The number of hydrogen-bond acceptors (Lipinski definition) is 6. The van der Waals surface area contributed by atoms with E-state index in [1.165, 1.54) is 6.33 Å². The monoisotopic (exact) mass is 328 g/mol. The minimum Gasteiger partial charge on any atom is -0.354 e. The van der Waals surface area contributed by atoms with E-state index < -0.39 is 0 Å². The first-order chi connectivity index (χ1) is 9.13. The standard InChI is InChI=1S/C11H17BrN6O/c1-8(19)17-3-2-4-18(6-5-17)11-9(12)10(16-13)14-7-15-11/h7H,2-6,13H2,1H3,(H,14,15,16). The lowest BCUT2D eigenvalue weighted by Gasteiger charge is -2.23. The molecule has 0 unspecified atom stereocenters. The summed E-state index contributed by atoms with van der Waals surface area (Å²) in [7, 11) is 0. The van der Waals surface area contributed by atoms with Gasteiger partial charge in [0.15, 0.2) is 5.82 Å². The van der Waals surface area contributed by atoms with Crippen LogP contribution in [-0.2, 0) is 4.79 Å². The summed E-state index contributed by atoms with van der Waals surface area (Å²) in [6.45, 7) is 4.70. The maximum absolute atomic E-state index is 11.4. The lowest BCUT2D eigenvalue weighted by molar-refractivity contribution is -0.128. The van der Waals surface area contributed by atoms with Crippen molar-refractivity contribution in [2.24, 2.45) is 5.84 Å². The van der Waals surface area contributed by atoms with Gasteiger partial charge in [-0.3, -0.25) is 4.79 Å². The third-order valence-corrected chi connectivity index (χ3v) is 3.88. The highest BCUT2D eigenvalue weighted by molar-refractivity contribution is 9.10. The number of carbonyl (C=O) groups is 1. The zero-order valence-electron chi connectivity index (χ0n) is 10.8. The van der Waals surface area contributed by atoms with Crippen LogP contribution < -0.4 is 16.2 Å². The zero-order chi connectivity index (χ0) is 13.8. The maximum Gasteiger partial charge on any atom is 0.219 e. The number of nitrogens with zero attached hydrogens (tertiary/aromatic N) is 4. The van der Waals surface area contributed by atoms with Crippen molar-refractivity contribution >= 4 is 33.5 Å². The molecule has 1 aromatic heterocycles. The van der Waals surface area contributed by atoms with Crippen LogP contribution >= 0.6 is 15.9 Å². The predicted molar refractivity (Wildman–Crippen MR) is 76.6 cm³/mol. The molecule has 8 heteroatoms. The fourth-order valence-electron chi connectivity index (χ4n) is 2.13. The van der Waals surface area contributed by atoms with Gasteiger partial charge in [-0.15, -0.1) is 0 Å². The van der Waals surface area contributed by atoms with Gasteiger partial charge in [-0.2, -0.15) is 0 Å². The molecule has 0 bridgehead atoms. The second-order valence-corrected chi connectivity index (χ2v) is 5.14. The van der Waals surface area contributed by atoms with E-state index in [9.17, 15) is 4.79 Å². The summed E-state index contributed by atoms with van der Waals surface area (Å²) in [5.74, 6) is 6.87. The van der Waals surface area contributed by atoms with Crippen LogP contribution in [0.5, 0.6) is 0 Å². The Bertz CT molecular complexity index is 468. The molecule has 1 saturated heterocycles. The summed E-state index contributed by atoms with van der Waals surface area (Å²) < 4.78 is 0.744. The third kappa shape index (κ3) is 3.13. The molecule has 104 valence electrons. The molecule has 2 rings (SSSR count). The molecule has 0 aromatic carbocycles. The van der Waals surface area contributed by atoms with Crippen LogP contribution in [0.25, 0.3) is 0 Å². The number of aromatic nitrogens is 2. The topological polar surface area (TPSA) is 87.4 Å². The highest BCUT2D eigenvalue weighted by atomic mass is 79.9. The van der Waals surface area contributed by atoms with E-state index in [0.29, 0.717) is 12.4 Å². The Labute approximate surface area is 120 Å². The molecule has 0 saturated carbocycles. The van der Waals surface area contributed by atoms with Gasteiger partial charge >= 0.3 is 0 Å². The Kier molecular flexibility index (Phi) is 4.54. The molecule has 7 nitrogen and oxygen atoms in total. The highest BCUT2D eigenvalue weighted by Crippen LogP contribution is 2.29. The zero-order valence-corrected chi connectivity index (χ0v) is 12.4. The number of halogens is 1. The normalized spacial score (nSPS) is 16.2. The van der Waals surface area contributed by atoms with Gasteiger partial charge in [0, 0.05) is 33.1 Å². The molecule has 3 N–H and O–H groups in total. The van der Waals surface area contributed by atoms with E-state index in [4.69, 9.17) is 5.84 Å². The second-order valence-electron chi connectivity index (χ2n) is 4.35. The average molecular weight is 329 g/mol. The minimum atomic E-state index is 0.118.